The minimum Gasteiger partial charge on any atom is -0.406 e. The van der Waals surface area contributed by atoms with Crippen molar-refractivity contribution < 1.29 is 26.7 Å². The topological polar surface area (TPSA) is 21.6 Å². The molecule has 1 atom stereocenters. The van der Waals surface area contributed by atoms with Crippen LogP contribution in [0.1, 0.15) is 23.6 Å². The summed E-state index contributed by atoms with van der Waals surface area (Å²) in [7, 11) is 0. The summed E-state index contributed by atoms with van der Waals surface area (Å²) >= 11 is 6.98. The molecule has 32 heavy (non-hydrogen) atoms. The number of halogens is 7. The first-order valence-electron chi connectivity index (χ1n) is 9.40. The van der Waals surface area contributed by atoms with Crippen LogP contribution in [0.25, 0.3) is 11.1 Å². The zero-order valence-corrected chi connectivity index (χ0v) is 19.3. The van der Waals surface area contributed by atoms with Gasteiger partial charge in [0.15, 0.2) is 0 Å². The van der Waals surface area contributed by atoms with E-state index in [1.807, 2.05) is 24.3 Å². The smallest absolute Gasteiger partial charge is 0.406 e. The highest BCUT2D eigenvalue weighted by atomic mass is 79.9. The molecule has 0 radical (unpaired) electrons. The molecule has 0 amide bonds. The van der Waals surface area contributed by atoms with E-state index < -0.39 is 21.2 Å². The van der Waals surface area contributed by atoms with Gasteiger partial charge in [-0.1, -0.05) is 74.3 Å². The van der Waals surface area contributed by atoms with E-state index in [1.165, 1.54) is 42.5 Å². The number of benzene rings is 3. The second kappa shape index (κ2) is 8.59. The highest BCUT2D eigenvalue weighted by Crippen LogP contribution is 2.47. The van der Waals surface area contributed by atoms with Crippen LogP contribution in [0, 0.1) is 11.6 Å². The number of hydrogen-bond donors (Lipinski definition) is 0. The Kier molecular flexibility index (Phi) is 6.15. The molecular weight excluding hydrogens is 561 g/mol. The molecule has 2 nitrogen and oxygen atoms in total. The van der Waals surface area contributed by atoms with Crippen LogP contribution in [0.5, 0.6) is 5.75 Å². The van der Waals surface area contributed by atoms with Crippen molar-refractivity contribution in [3.63, 3.8) is 0 Å². The standard InChI is InChI=1S/C23H14Br2F5NO/c24-22(25)12-19(31-21(22)20-17(26)2-1-3-18(20)27)15-6-4-13(5-7-15)14-8-10-16(11-9-14)32-23(28,29)30/h1-11,19H,12H2/t19-/m1/s1. The van der Waals surface area contributed by atoms with E-state index in [1.54, 1.807) is 0 Å². The monoisotopic (exact) mass is 573 g/mol. The lowest BCUT2D eigenvalue weighted by Gasteiger charge is -2.17. The third kappa shape index (κ3) is 4.88. The van der Waals surface area contributed by atoms with Crippen LogP contribution in [-0.2, 0) is 0 Å². The maximum Gasteiger partial charge on any atom is 0.573 e. The zero-order chi connectivity index (χ0) is 23.1. The maximum atomic E-state index is 14.3. The fourth-order valence-electron chi connectivity index (χ4n) is 3.55. The van der Waals surface area contributed by atoms with E-state index in [0.29, 0.717) is 12.0 Å². The number of hydrogen-bond acceptors (Lipinski definition) is 2. The number of ether oxygens (including phenoxy) is 1. The summed E-state index contributed by atoms with van der Waals surface area (Å²) in [6.45, 7) is 0. The summed E-state index contributed by atoms with van der Waals surface area (Å²) in [5, 5.41) is 0. The Balaban J connectivity index is 1.58. The first kappa shape index (κ1) is 22.9. The van der Waals surface area contributed by atoms with Gasteiger partial charge in [0.25, 0.3) is 0 Å². The molecule has 1 aliphatic rings. The molecule has 1 aliphatic heterocycles. The van der Waals surface area contributed by atoms with Crippen LogP contribution in [0.2, 0.25) is 0 Å². The molecule has 166 valence electrons. The Bertz CT molecular complexity index is 1140. The number of aliphatic imine (C=N–C) groups is 1. The predicted octanol–water partition coefficient (Wildman–Crippen LogP) is 7.95. The molecule has 3 aromatic rings. The van der Waals surface area contributed by atoms with Crippen molar-refractivity contribution in [2.75, 3.05) is 0 Å². The molecule has 0 aliphatic carbocycles. The third-order valence-corrected chi connectivity index (χ3v) is 6.40. The Labute approximate surface area is 197 Å². The molecule has 0 fully saturated rings. The molecular formula is C23H14Br2F5NO. The lowest BCUT2D eigenvalue weighted by atomic mass is 9.99. The molecule has 0 saturated carbocycles. The van der Waals surface area contributed by atoms with E-state index in [9.17, 15) is 22.0 Å². The van der Waals surface area contributed by atoms with Crippen LogP contribution in [0.3, 0.4) is 0 Å². The molecule has 0 N–H and O–H groups in total. The van der Waals surface area contributed by atoms with Crippen molar-refractivity contribution in [1.29, 1.82) is 0 Å². The zero-order valence-electron chi connectivity index (χ0n) is 16.1. The van der Waals surface area contributed by atoms with Gasteiger partial charge in [-0.05, 0) is 41.0 Å². The largest absolute Gasteiger partial charge is 0.573 e. The highest BCUT2D eigenvalue weighted by molar-refractivity contribution is 9.26. The summed E-state index contributed by atoms with van der Waals surface area (Å²) in [5.41, 5.74) is 2.40. The Morgan fingerprint density at radius 2 is 1.38 bits per heavy atom. The molecule has 9 heteroatoms. The van der Waals surface area contributed by atoms with Gasteiger partial charge in [0.05, 0.1) is 17.3 Å². The van der Waals surface area contributed by atoms with Crippen molar-refractivity contribution in [3.05, 3.63) is 89.5 Å². The molecule has 0 spiro atoms. The minimum absolute atomic E-state index is 0.179. The van der Waals surface area contributed by atoms with Crippen LogP contribution < -0.4 is 4.74 Å². The van der Waals surface area contributed by atoms with Crippen LogP contribution in [-0.4, -0.2) is 15.3 Å². The quantitative estimate of drug-likeness (QED) is 0.229. The van der Waals surface area contributed by atoms with Crippen molar-refractivity contribution in [3.8, 4) is 16.9 Å². The molecule has 0 aromatic heterocycles. The first-order valence-corrected chi connectivity index (χ1v) is 11.0. The lowest BCUT2D eigenvalue weighted by molar-refractivity contribution is -0.274. The second-order valence-electron chi connectivity index (χ2n) is 7.19. The molecule has 3 aromatic carbocycles. The molecule has 4 rings (SSSR count). The summed E-state index contributed by atoms with van der Waals surface area (Å²) in [5.74, 6) is -1.68. The first-order chi connectivity index (χ1) is 15.0. The minimum atomic E-state index is -4.74. The average molecular weight is 575 g/mol. The van der Waals surface area contributed by atoms with Crippen molar-refractivity contribution >= 4 is 37.6 Å². The summed E-state index contributed by atoms with van der Waals surface area (Å²) in [4.78, 5) is 4.57. The van der Waals surface area contributed by atoms with Gasteiger partial charge in [0, 0.05) is 6.42 Å². The average Bonchev–Trinajstić information content (AvgIpc) is 3.02. The third-order valence-electron chi connectivity index (χ3n) is 5.00. The number of rotatable bonds is 4. The van der Waals surface area contributed by atoms with Crippen molar-refractivity contribution in [2.24, 2.45) is 4.99 Å². The Morgan fingerprint density at radius 1 is 0.844 bits per heavy atom. The Hall–Kier alpha value is -2.26. The second-order valence-corrected chi connectivity index (χ2v) is 11.0. The highest BCUT2D eigenvalue weighted by Gasteiger charge is 2.42. The van der Waals surface area contributed by atoms with Gasteiger partial charge in [-0.2, -0.15) is 0 Å². The van der Waals surface area contributed by atoms with Crippen molar-refractivity contribution in [1.82, 2.24) is 0 Å². The van der Waals surface area contributed by atoms with Gasteiger partial charge in [-0.15, -0.1) is 13.2 Å². The molecule has 0 bridgehead atoms. The predicted molar refractivity (Wildman–Crippen MR) is 119 cm³/mol. The lowest BCUT2D eigenvalue weighted by Crippen LogP contribution is -2.23. The Morgan fingerprint density at radius 3 is 1.91 bits per heavy atom. The summed E-state index contributed by atoms with van der Waals surface area (Å²) in [6.07, 6.45) is -4.31. The van der Waals surface area contributed by atoms with Gasteiger partial charge in [-0.25, -0.2) is 8.78 Å². The van der Waals surface area contributed by atoms with E-state index in [4.69, 9.17) is 0 Å². The SMILES string of the molecule is Fc1cccc(F)c1C1=N[C@@H](c2ccc(-c3ccc(OC(F)(F)F)cc3)cc2)CC1(Br)Br. The fourth-order valence-corrected chi connectivity index (χ4v) is 4.76. The number of alkyl halides is 5. The molecule has 0 unspecified atom stereocenters. The van der Waals surface area contributed by atoms with Crippen molar-refractivity contribution in [2.45, 2.75) is 22.1 Å². The molecule has 1 heterocycles. The van der Waals surface area contributed by atoms with E-state index in [2.05, 4.69) is 41.6 Å². The number of nitrogens with zero attached hydrogens (tertiary/aromatic N) is 1. The van der Waals surface area contributed by atoms with Gasteiger partial charge in [-0.3, -0.25) is 4.99 Å². The maximum absolute atomic E-state index is 14.3. The van der Waals surface area contributed by atoms with Crippen LogP contribution in [0.15, 0.2) is 71.7 Å². The normalized spacial score (nSPS) is 17.8. The van der Waals surface area contributed by atoms with Crippen LogP contribution >= 0.6 is 31.9 Å². The van der Waals surface area contributed by atoms with E-state index in [-0.39, 0.29) is 23.1 Å². The van der Waals surface area contributed by atoms with E-state index in [0.717, 1.165) is 11.1 Å². The summed E-state index contributed by atoms with van der Waals surface area (Å²) in [6, 6.07) is 16.2. The summed E-state index contributed by atoms with van der Waals surface area (Å²) < 4.78 is 68.5. The molecule has 0 saturated heterocycles. The van der Waals surface area contributed by atoms with E-state index >= 15 is 0 Å². The van der Waals surface area contributed by atoms with Gasteiger partial charge >= 0.3 is 6.36 Å². The fraction of sp³-hybridized carbons (Fsp3) is 0.174. The van der Waals surface area contributed by atoms with Gasteiger partial charge in [0.1, 0.15) is 20.6 Å². The van der Waals surface area contributed by atoms with Gasteiger partial charge in [0.2, 0.25) is 0 Å². The van der Waals surface area contributed by atoms with Gasteiger partial charge < -0.3 is 4.74 Å². The van der Waals surface area contributed by atoms with Crippen LogP contribution in [0.4, 0.5) is 22.0 Å².